The first-order chi connectivity index (χ1) is 13.9. The van der Waals surface area contributed by atoms with E-state index in [1.807, 2.05) is 60.7 Å². The quantitative estimate of drug-likeness (QED) is 0.717. The summed E-state index contributed by atoms with van der Waals surface area (Å²) < 4.78 is 28.5. The van der Waals surface area contributed by atoms with Gasteiger partial charge in [0, 0.05) is 12.5 Å². The van der Waals surface area contributed by atoms with Gasteiger partial charge in [-0.2, -0.15) is 0 Å². The minimum absolute atomic E-state index is 0.0633. The van der Waals surface area contributed by atoms with E-state index >= 15 is 0 Å². The molecule has 8 heteroatoms. The molecule has 1 fully saturated rings. The smallest absolute Gasteiger partial charge is 0.408 e. The van der Waals surface area contributed by atoms with E-state index < -0.39 is 33.9 Å². The van der Waals surface area contributed by atoms with Crippen LogP contribution in [0.3, 0.4) is 0 Å². The number of rotatable bonds is 7. The second kappa shape index (κ2) is 9.56. The second-order valence-electron chi connectivity index (χ2n) is 7.06. The second-order valence-corrected chi connectivity index (χ2v) is 9.29. The van der Waals surface area contributed by atoms with E-state index in [-0.39, 0.29) is 24.5 Å². The summed E-state index contributed by atoms with van der Waals surface area (Å²) in [4.78, 5) is 25.0. The van der Waals surface area contributed by atoms with Gasteiger partial charge in [-0.3, -0.25) is 4.79 Å². The van der Waals surface area contributed by atoms with Crippen LogP contribution in [0.25, 0.3) is 0 Å². The van der Waals surface area contributed by atoms with Crippen molar-refractivity contribution in [3.05, 3.63) is 71.8 Å². The van der Waals surface area contributed by atoms with Crippen molar-refractivity contribution in [3.63, 3.8) is 0 Å². The molecular formula is C21H24N2O5S. The fraction of sp³-hybridized carbons (Fsp3) is 0.333. The molecule has 7 nitrogen and oxygen atoms in total. The first-order valence-corrected chi connectivity index (χ1v) is 11.3. The molecule has 1 aliphatic heterocycles. The van der Waals surface area contributed by atoms with E-state index in [1.54, 1.807) is 0 Å². The third kappa shape index (κ3) is 6.60. The van der Waals surface area contributed by atoms with Crippen molar-refractivity contribution < 1.29 is 22.7 Å². The van der Waals surface area contributed by atoms with Gasteiger partial charge in [-0.05, 0) is 17.5 Å². The number of carbonyl (C=O) groups excluding carboxylic acids is 2. The maximum absolute atomic E-state index is 12.7. The van der Waals surface area contributed by atoms with Crippen LogP contribution >= 0.6 is 0 Å². The van der Waals surface area contributed by atoms with Crippen molar-refractivity contribution >= 4 is 21.8 Å². The Morgan fingerprint density at radius 3 is 2.21 bits per heavy atom. The highest BCUT2D eigenvalue weighted by atomic mass is 32.2. The number of sulfone groups is 1. The van der Waals surface area contributed by atoms with Crippen molar-refractivity contribution in [1.29, 1.82) is 0 Å². The van der Waals surface area contributed by atoms with Crippen LogP contribution < -0.4 is 10.6 Å². The molecule has 3 rings (SSSR count). The van der Waals surface area contributed by atoms with Crippen LogP contribution in [0.5, 0.6) is 0 Å². The molecular weight excluding hydrogens is 392 g/mol. The van der Waals surface area contributed by atoms with Crippen molar-refractivity contribution in [2.75, 3.05) is 11.5 Å². The lowest BCUT2D eigenvalue weighted by molar-refractivity contribution is -0.123. The molecule has 0 bridgehead atoms. The van der Waals surface area contributed by atoms with Gasteiger partial charge in [0.25, 0.3) is 0 Å². The fourth-order valence-electron chi connectivity index (χ4n) is 3.18. The Balaban J connectivity index is 1.62. The summed E-state index contributed by atoms with van der Waals surface area (Å²) >= 11 is 0. The topological polar surface area (TPSA) is 102 Å². The molecule has 0 aliphatic carbocycles. The average Bonchev–Trinajstić information content (AvgIpc) is 3.05. The van der Waals surface area contributed by atoms with E-state index in [0.717, 1.165) is 11.1 Å². The standard InChI is InChI=1S/C21H24N2O5S/c24-20(22-18-11-12-29(26,27)15-18)19(13-16-7-3-1-4-8-16)23-21(25)28-14-17-9-5-2-6-10-17/h1-10,18-19H,11-15H2,(H,22,24)(H,23,25). The number of hydrogen-bond acceptors (Lipinski definition) is 5. The lowest BCUT2D eigenvalue weighted by atomic mass is 10.0. The van der Waals surface area contributed by atoms with E-state index in [9.17, 15) is 18.0 Å². The van der Waals surface area contributed by atoms with Gasteiger partial charge in [-0.15, -0.1) is 0 Å². The fourth-order valence-corrected chi connectivity index (χ4v) is 4.85. The Bertz CT molecular complexity index is 932. The molecule has 1 heterocycles. The minimum Gasteiger partial charge on any atom is -0.445 e. The van der Waals surface area contributed by atoms with Crippen molar-refractivity contribution in [2.45, 2.75) is 31.5 Å². The molecule has 29 heavy (non-hydrogen) atoms. The average molecular weight is 416 g/mol. The van der Waals surface area contributed by atoms with E-state index in [4.69, 9.17) is 4.74 Å². The zero-order valence-electron chi connectivity index (χ0n) is 15.9. The van der Waals surface area contributed by atoms with Crippen molar-refractivity contribution in [1.82, 2.24) is 10.6 Å². The molecule has 2 atom stereocenters. The zero-order valence-corrected chi connectivity index (χ0v) is 16.7. The van der Waals surface area contributed by atoms with Crippen LogP contribution in [0.15, 0.2) is 60.7 Å². The summed E-state index contributed by atoms with van der Waals surface area (Å²) in [6, 6.07) is 17.2. The Labute approximate surface area is 170 Å². The van der Waals surface area contributed by atoms with Crippen LogP contribution in [0.4, 0.5) is 4.79 Å². The monoisotopic (exact) mass is 416 g/mol. The number of ether oxygens (including phenoxy) is 1. The maximum atomic E-state index is 12.7. The van der Waals surface area contributed by atoms with Gasteiger partial charge in [-0.25, -0.2) is 13.2 Å². The Hall–Kier alpha value is -2.87. The first-order valence-electron chi connectivity index (χ1n) is 9.43. The largest absolute Gasteiger partial charge is 0.445 e. The molecule has 2 aromatic rings. The highest BCUT2D eigenvalue weighted by Crippen LogP contribution is 2.12. The highest BCUT2D eigenvalue weighted by Gasteiger charge is 2.31. The molecule has 0 radical (unpaired) electrons. The molecule has 2 amide bonds. The Kier molecular flexibility index (Phi) is 6.87. The molecule has 0 aromatic heterocycles. The van der Waals surface area contributed by atoms with Crippen LogP contribution in [0, 0.1) is 0 Å². The first kappa shape index (κ1) is 20.9. The number of carbonyl (C=O) groups is 2. The Morgan fingerprint density at radius 1 is 1.00 bits per heavy atom. The van der Waals surface area contributed by atoms with Gasteiger partial charge >= 0.3 is 6.09 Å². The normalized spacial score (nSPS) is 18.6. The van der Waals surface area contributed by atoms with Gasteiger partial charge in [0.1, 0.15) is 12.6 Å². The molecule has 2 aromatic carbocycles. The van der Waals surface area contributed by atoms with E-state index in [2.05, 4.69) is 10.6 Å². The summed E-state index contributed by atoms with van der Waals surface area (Å²) in [6.45, 7) is 0.0905. The SMILES string of the molecule is O=C(NC(Cc1ccccc1)C(=O)NC1CCS(=O)(=O)C1)OCc1ccccc1. The summed E-state index contributed by atoms with van der Waals surface area (Å²) in [5, 5.41) is 5.35. The van der Waals surface area contributed by atoms with Crippen LogP contribution in [0.1, 0.15) is 17.5 Å². The number of benzene rings is 2. The van der Waals surface area contributed by atoms with Crippen LogP contribution in [-0.2, 0) is 32.4 Å². The molecule has 2 unspecified atom stereocenters. The zero-order chi connectivity index (χ0) is 20.7. The number of alkyl carbamates (subject to hydrolysis) is 1. The summed E-state index contributed by atoms with van der Waals surface area (Å²) in [5.74, 6) is -0.434. The molecule has 2 N–H and O–H groups in total. The third-order valence-electron chi connectivity index (χ3n) is 4.68. The van der Waals surface area contributed by atoms with Crippen molar-refractivity contribution in [3.8, 4) is 0 Å². The van der Waals surface area contributed by atoms with Gasteiger partial charge in [0.05, 0.1) is 11.5 Å². The van der Waals surface area contributed by atoms with Crippen molar-refractivity contribution in [2.24, 2.45) is 0 Å². The Morgan fingerprint density at radius 2 is 1.62 bits per heavy atom. The van der Waals surface area contributed by atoms with E-state index in [0.29, 0.717) is 6.42 Å². The summed E-state index contributed by atoms with van der Waals surface area (Å²) in [5.41, 5.74) is 1.71. The molecule has 1 saturated heterocycles. The summed E-state index contributed by atoms with van der Waals surface area (Å²) in [7, 11) is -3.11. The minimum atomic E-state index is -3.11. The maximum Gasteiger partial charge on any atom is 0.408 e. The third-order valence-corrected chi connectivity index (χ3v) is 6.45. The number of nitrogens with one attached hydrogen (secondary N) is 2. The molecule has 0 spiro atoms. The van der Waals surface area contributed by atoms with Gasteiger partial charge in [0.2, 0.25) is 5.91 Å². The van der Waals surface area contributed by atoms with Gasteiger partial charge in [-0.1, -0.05) is 60.7 Å². The van der Waals surface area contributed by atoms with E-state index in [1.165, 1.54) is 0 Å². The predicted molar refractivity (Wildman–Crippen MR) is 109 cm³/mol. The predicted octanol–water partition coefficient (Wildman–Crippen LogP) is 1.83. The lowest BCUT2D eigenvalue weighted by Crippen LogP contribution is -2.51. The van der Waals surface area contributed by atoms with Gasteiger partial charge in [0.15, 0.2) is 9.84 Å². The number of amides is 2. The van der Waals surface area contributed by atoms with Gasteiger partial charge < -0.3 is 15.4 Å². The van der Waals surface area contributed by atoms with Crippen LogP contribution in [-0.4, -0.2) is 44.0 Å². The molecule has 154 valence electrons. The highest BCUT2D eigenvalue weighted by molar-refractivity contribution is 7.91. The van der Waals surface area contributed by atoms with Crippen LogP contribution in [0.2, 0.25) is 0 Å². The molecule has 0 saturated carbocycles. The summed E-state index contributed by atoms with van der Waals surface area (Å²) in [6.07, 6.45) is -0.0547. The molecule has 1 aliphatic rings. The lowest BCUT2D eigenvalue weighted by Gasteiger charge is -2.20. The number of hydrogen-bond donors (Lipinski definition) is 2.